The van der Waals surface area contributed by atoms with Gasteiger partial charge in [0.2, 0.25) is 0 Å². The van der Waals surface area contributed by atoms with Crippen LogP contribution in [0.5, 0.6) is 0 Å². The third-order valence-electron chi connectivity index (χ3n) is 3.47. The molecule has 1 aromatic rings. The lowest BCUT2D eigenvalue weighted by Gasteiger charge is -2.15. The Bertz CT molecular complexity index is 354. The lowest BCUT2D eigenvalue weighted by Crippen LogP contribution is -2.10. The molecule has 0 saturated heterocycles. The molecule has 90 valence electrons. The van der Waals surface area contributed by atoms with Gasteiger partial charge in [-0.3, -0.25) is 4.68 Å². The van der Waals surface area contributed by atoms with Crippen LogP contribution in [-0.4, -0.2) is 14.9 Å². The fraction of sp³-hybridized carbons (Fsp3) is 0.750. The Labute approximate surface area is 101 Å². The summed E-state index contributed by atoms with van der Waals surface area (Å²) in [7, 11) is 0. The maximum atomic E-state index is 9.23. The quantitative estimate of drug-likeness (QED) is 0.809. The van der Waals surface area contributed by atoms with Gasteiger partial charge in [-0.15, -0.1) is 0 Å². The smallest absolute Gasteiger partial charge is 0.133 e. The van der Waals surface area contributed by atoms with Crippen molar-refractivity contribution < 1.29 is 5.11 Å². The summed E-state index contributed by atoms with van der Waals surface area (Å²) in [5.41, 5.74) is 1.64. The molecule has 0 radical (unpaired) electrons. The molecule has 0 aliphatic heterocycles. The minimum absolute atomic E-state index is 0.0165. The van der Waals surface area contributed by atoms with Gasteiger partial charge < -0.3 is 5.11 Å². The average Bonchev–Trinajstić information content (AvgIpc) is 2.49. The molecule has 2 rings (SSSR count). The second-order valence-corrected chi connectivity index (χ2v) is 4.96. The fourth-order valence-corrected chi connectivity index (χ4v) is 2.85. The minimum Gasteiger partial charge on any atom is -0.391 e. The Kier molecular flexibility index (Phi) is 3.87. The fourth-order valence-electron chi connectivity index (χ4n) is 2.48. The first-order chi connectivity index (χ1) is 7.74. The predicted molar refractivity (Wildman–Crippen MR) is 64.6 cm³/mol. The lowest BCUT2D eigenvalue weighted by molar-refractivity contribution is 0.281. The Hall–Kier alpha value is -0.540. The first-order valence-electron chi connectivity index (χ1n) is 6.08. The number of nitrogens with zero attached hydrogens (tertiary/aromatic N) is 2. The standard InChI is InChI=1S/C12H19ClN2O/c1-9-11(8-16)12(13)15(14-9)10-6-4-2-3-5-7-10/h10,16H,2-8H2,1H3. The molecular formula is C12H19ClN2O. The van der Waals surface area contributed by atoms with Crippen molar-refractivity contribution in [3.8, 4) is 0 Å². The monoisotopic (exact) mass is 242 g/mol. The van der Waals surface area contributed by atoms with Crippen LogP contribution in [0.4, 0.5) is 0 Å². The van der Waals surface area contributed by atoms with Gasteiger partial charge in [-0.05, 0) is 19.8 Å². The van der Waals surface area contributed by atoms with Gasteiger partial charge in [0, 0.05) is 5.56 Å². The first-order valence-corrected chi connectivity index (χ1v) is 6.46. The van der Waals surface area contributed by atoms with Crippen LogP contribution in [0.15, 0.2) is 0 Å². The summed E-state index contributed by atoms with van der Waals surface area (Å²) in [4.78, 5) is 0. The highest BCUT2D eigenvalue weighted by atomic mass is 35.5. The zero-order chi connectivity index (χ0) is 11.5. The van der Waals surface area contributed by atoms with Crippen molar-refractivity contribution in [1.82, 2.24) is 9.78 Å². The molecule has 4 heteroatoms. The second kappa shape index (κ2) is 5.19. The zero-order valence-electron chi connectivity index (χ0n) is 9.75. The van der Waals surface area contributed by atoms with Gasteiger partial charge in [-0.1, -0.05) is 37.3 Å². The third-order valence-corrected chi connectivity index (χ3v) is 3.87. The van der Waals surface area contributed by atoms with Crippen LogP contribution in [0.3, 0.4) is 0 Å². The topological polar surface area (TPSA) is 38.0 Å². The first kappa shape index (κ1) is 11.9. The largest absolute Gasteiger partial charge is 0.391 e. The number of hydrogen-bond acceptors (Lipinski definition) is 2. The van der Waals surface area contributed by atoms with Gasteiger partial charge in [0.25, 0.3) is 0 Å². The van der Waals surface area contributed by atoms with Crippen LogP contribution in [0.2, 0.25) is 5.15 Å². The highest BCUT2D eigenvalue weighted by Gasteiger charge is 2.20. The van der Waals surface area contributed by atoms with Gasteiger partial charge >= 0.3 is 0 Å². The van der Waals surface area contributed by atoms with E-state index in [0.29, 0.717) is 11.2 Å². The number of rotatable bonds is 2. The molecule has 1 saturated carbocycles. The van der Waals surface area contributed by atoms with Crippen LogP contribution in [0.25, 0.3) is 0 Å². The zero-order valence-corrected chi connectivity index (χ0v) is 10.5. The summed E-state index contributed by atoms with van der Waals surface area (Å²) in [6.45, 7) is 1.89. The normalized spacial score (nSPS) is 18.7. The van der Waals surface area contributed by atoms with E-state index in [0.717, 1.165) is 24.1 Å². The van der Waals surface area contributed by atoms with Crippen molar-refractivity contribution in [2.24, 2.45) is 0 Å². The Balaban J connectivity index is 2.24. The molecule has 3 nitrogen and oxygen atoms in total. The van der Waals surface area contributed by atoms with Crippen LogP contribution in [-0.2, 0) is 6.61 Å². The average molecular weight is 243 g/mol. The van der Waals surface area contributed by atoms with Gasteiger partial charge in [0.15, 0.2) is 0 Å². The van der Waals surface area contributed by atoms with Crippen LogP contribution in [0, 0.1) is 6.92 Å². The summed E-state index contributed by atoms with van der Waals surface area (Å²) in [5.74, 6) is 0. The van der Waals surface area contributed by atoms with Crippen molar-refractivity contribution in [2.45, 2.75) is 58.1 Å². The van der Waals surface area contributed by atoms with E-state index in [1.165, 1.54) is 25.7 Å². The molecule has 0 amide bonds. The highest BCUT2D eigenvalue weighted by Crippen LogP contribution is 2.31. The minimum atomic E-state index is -0.0165. The van der Waals surface area contributed by atoms with Crippen molar-refractivity contribution >= 4 is 11.6 Å². The summed E-state index contributed by atoms with van der Waals surface area (Å²) < 4.78 is 1.92. The number of aliphatic hydroxyl groups is 1. The summed E-state index contributed by atoms with van der Waals surface area (Å²) in [6.07, 6.45) is 7.47. The van der Waals surface area contributed by atoms with E-state index >= 15 is 0 Å². The molecule has 16 heavy (non-hydrogen) atoms. The van der Waals surface area contributed by atoms with Crippen LogP contribution >= 0.6 is 11.6 Å². The maximum absolute atomic E-state index is 9.23. The molecule has 0 atom stereocenters. The molecule has 0 aromatic carbocycles. The second-order valence-electron chi connectivity index (χ2n) is 4.60. The van der Waals surface area contributed by atoms with Crippen LogP contribution in [0.1, 0.15) is 55.8 Å². The van der Waals surface area contributed by atoms with E-state index < -0.39 is 0 Å². The Morgan fingerprint density at radius 3 is 2.44 bits per heavy atom. The Morgan fingerprint density at radius 1 is 1.31 bits per heavy atom. The molecular weight excluding hydrogens is 224 g/mol. The number of aliphatic hydroxyl groups excluding tert-OH is 1. The van der Waals surface area contributed by atoms with Gasteiger partial charge in [-0.2, -0.15) is 5.10 Å². The van der Waals surface area contributed by atoms with E-state index in [1.54, 1.807) is 0 Å². The van der Waals surface area contributed by atoms with Crippen molar-refractivity contribution in [1.29, 1.82) is 0 Å². The Morgan fingerprint density at radius 2 is 1.94 bits per heavy atom. The number of aryl methyl sites for hydroxylation is 1. The summed E-state index contributed by atoms with van der Waals surface area (Å²) >= 11 is 6.26. The molecule has 1 aliphatic carbocycles. The van der Waals surface area contributed by atoms with Gasteiger partial charge in [0.05, 0.1) is 18.3 Å². The molecule has 0 unspecified atom stereocenters. The lowest BCUT2D eigenvalue weighted by atomic mass is 10.1. The number of hydrogen-bond donors (Lipinski definition) is 1. The van der Waals surface area contributed by atoms with Crippen molar-refractivity contribution in [2.75, 3.05) is 0 Å². The van der Waals surface area contributed by atoms with E-state index in [1.807, 2.05) is 11.6 Å². The van der Waals surface area contributed by atoms with E-state index in [-0.39, 0.29) is 6.61 Å². The third kappa shape index (κ3) is 2.25. The van der Waals surface area contributed by atoms with Crippen LogP contribution < -0.4 is 0 Å². The van der Waals surface area contributed by atoms with Crippen molar-refractivity contribution in [3.05, 3.63) is 16.4 Å². The molecule has 0 spiro atoms. The predicted octanol–water partition coefficient (Wildman–Crippen LogP) is 3.23. The van der Waals surface area contributed by atoms with E-state index in [4.69, 9.17) is 11.6 Å². The molecule has 1 aromatic heterocycles. The molecule has 1 heterocycles. The molecule has 0 bridgehead atoms. The number of halogens is 1. The molecule has 1 N–H and O–H groups in total. The van der Waals surface area contributed by atoms with Crippen molar-refractivity contribution in [3.63, 3.8) is 0 Å². The summed E-state index contributed by atoms with van der Waals surface area (Å²) in [6, 6.07) is 0.425. The van der Waals surface area contributed by atoms with E-state index in [9.17, 15) is 5.11 Å². The van der Waals surface area contributed by atoms with Gasteiger partial charge in [0.1, 0.15) is 5.15 Å². The molecule has 1 fully saturated rings. The number of aromatic nitrogens is 2. The highest BCUT2D eigenvalue weighted by molar-refractivity contribution is 6.30. The molecule has 1 aliphatic rings. The van der Waals surface area contributed by atoms with E-state index in [2.05, 4.69) is 5.10 Å². The van der Waals surface area contributed by atoms with Gasteiger partial charge in [-0.25, -0.2) is 0 Å². The summed E-state index contributed by atoms with van der Waals surface area (Å²) in [5, 5.41) is 14.3. The maximum Gasteiger partial charge on any atom is 0.133 e. The SMILES string of the molecule is Cc1nn(C2CCCCCC2)c(Cl)c1CO.